The summed E-state index contributed by atoms with van der Waals surface area (Å²) in [4.78, 5) is 64.6. The smallest absolute Gasteiger partial charge is 0.259 e. The number of phenols is 3. The van der Waals surface area contributed by atoms with Crippen LogP contribution in [0.15, 0.2) is 115 Å². The molecule has 0 saturated heterocycles. The van der Waals surface area contributed by atoms with Crippen molar-refractivity contribution in [2.75, 3.05) is 16.0 Å². The monoisotopic (exact) mass is 750 g/mol. The highest BCUT2D eigenvalue weighted by atomic mass is 16.3. The van der Waals surface area contributed by atoms with Gasteiger partial charge in [0.1, 0.15) is 17.2 Å². The standard InChI is InChI=1S/C44H38N4O8/c1-26-3-12-34(24-39(26)51)48-44(56)37-18-15-35(25-41(37)53)47-42(54)31-10-13-33(14-11-31)46-43(55)32(19-20-45)23-40(52)30-8-4-29(5-9-30)22-38(50)27(2)21-28-6-16-36(49)17-7-28/h3-18,21,24-25,32,49,51,53H,19,22-23H2,1-2H3,(H,46,55)(H,47,54)(H,48,56)/b27-21+. The molecule has 1 atom stereocenters. The summed E-state index contributed by atoms with van der Waals surface area (Å²) >= 11 is 0. The van der Waals surface area contributed by atoms with Gasteiger partial charge in [-0.2, -0.15) is 5.26 Å². The Morgan fingerprint density at radius 3 is 1.91 bits per heavy atom. The molecular formula is C44H38N4O8. The number of nitriles is 1. The van der Waals surface area contributed by atoms with Crippen molar-refractivity contribution in [1.82, 2.24) is 0 Å². The molecule has 0 saturated carbocycles. The van der Waals surface area contributed by atoms with Gasteiger partial charge in [0, 0.05) is 59.6 Å². The van der Waals surface area contributed by atoms with Crippen LogP contribution in [0, 0.1) is 24.2 Å². The van der Waals surface area contributed by atoms with Crippen LogP contribution in [0.2, 0.25) is 0 Å². The molecule has 5 rings (SSSR count). The van der Waals surface area contributed by atoms with E-state index in [4.69, 9.17) is 0 Å². The summed E-state index contributed by atoms with van der Waals surface area (Å²) < 4.78 is 0. The number of aryl methyl sites for hydroxylation is 1. The van der Waals surface area contributed by atoms with Crippen molar-refractivity contribution in [1.29, 1.82) is 5.26 Å². The number of hydrogen-bond donors (Lipinski definition) is 6. The quantitative estimate of drug-likeness (QED) is 0.0488. The lowest BCUT2D eigenvalue weighted by atomic mass is 9.94. The number of amides is 3. The lowest BCUT2D eigenvalue weighted by molar-refractivity contribution is -0.119. The summed E-state index contributed by atoms with van der Waals surface area (Å²) in [5, 5.41) is 47.1. The van der Waals surface area contributed by atoms with Crippen LogP contribution in [0.25, 0.3) is 6.08 Å². The summed E-state index contributed by atoms with van der Waals surface area (Å²) in [7, 11) is 0. The minimum absolute atomic E-state index is 0.00950. The summed E-state index contributed by atoms with van der Waals surface area (Å²) in [6, 6.07) is 29.5. The number of allylic oxidation sites excluding steroid dienone is 1. The fourth-order valence-electron chi connectivity index (χ4n) is 5.58. The SMILES string of the molecule is C/C(=C\c1ccc(O)cc1)C(=O)Cc1ccc(C(=O)CC(CC#N)C(=O)Nc2ccc(C(=O)Nc3ccc(C(=O)Nc4ccc(C)c(O)c4)c(O)c3)cc2)cc1. The van der Waals surface area contributed by atoms with Gasteiger partial charge < -0.3 is 31.3 Å². The Kier molecular flexibility index (Phi) is 12.8. The molecule has 0 aliphatic rings. The van der Waals surface area contributed by atoms with E-state index in [1.54, 1.807) is 68.5 Å². The maximum Gasteiger partial charge on any atom is 0.259 e. The second-order valence-electron chi connectivity index (χ2n) is 13.1. The molecule has 0 spiro atoms. The Morgan fingerprint density at radius 1 is 0.696 bits per heavy atom. The second-order valence-corrected chi connectivity index (χ2v) is 13.1. The maximum absolute atomic E-state index is 13.1. The molecular weight excluding hydrogens is 713 g/mol. The van der Waals surface area contributed by atoms with Crippen molar-refractivity contribution < 1.29 is 39.3 Å². The average Bonchev–Trinajstić information content (AvgIpc) is 3.17. The number of hydrogen-bond acceptors (Lipinski definition) is 9. The first-order chi connectivity index (χ1) is 26.8. The van der Waals surface area contributed by atoms with Gasteiger partial charge in [-0.1, -0.05) is 42.5 Å². The Bertz CT molecular complexity index is 2360. The molecule has 5 aromatic rings. The predicted molar refractivity (Wildman–Crippen MR) is 212 cm³/mol. The van der Waals surface area contributed by atoms with Gasteiger partial charge in [-0.15, -0.1) is 0 Å². The molecule has 12 nitrogen and oxygen atoms in total. The van der Waals surface area contributed by atoms with Gasteiger partial charge in [0.25, 0.3) is 11.8 Å². The van der Waals surface area contributed by atoms with Gasteiger partial charge in [0.05, 0.1) is 17.6 Å². The number of nitrogens with one attached hydrogen (secondary N) is 3. The van der Waals surface area contributed by atoms with E-state index in [9.17, 15) is 44.6 Å². The lowest BCUT2D eigenvalue weighted by Crippen LogP contribution is -2.25. The molecule has 1 unspecified atom stereocenters. The molecule has 282 valence electrons. The first kappa shape index (κ1) is 39.7. The van der Waals surface area contributed by atoms with E-state index in [1.807, 2.05) is 6.07 Å². The van der Waals surface area contributed by atoms with E-state index in [0.29, 0.717) is 33.6 Å². The van der Waals surface area contributed by atoms with Crippen LogP contribution in [0.4, 0.5) is 17.1 Å². The molecule has 5 aromatic carbocycles. The van der Waals surface area contributed by atoms with Crippen molar-refractivity contribution in [3.8, 4) is 23.3 Å². The number of aromatic hydroxyl groups is 3. The molecule has 0 aliphatic heterocycles. The van der Waals surface area contributed by atoms with Crippen molar-refractivity contribution in [2.24, 2.45) is 5.92 Å². The van der Waals surface area contributed by atoms with Crippen molar-refractivity contribution >= 4 is 52.4 Å². The van der Waals surface area contributed by atoms with E-state index in [2.05, 4.69) is 16.0 Å². The topological polar surface area (TPSA) is 206 Å². The summed E-state index contributed by atoms with van der Waals surface area (Å²) in [6.07, 6.45) is 1.41. The first-order valence-corrected chi connectivity index (χ1v) is 17.5. The number of ketones is 2. The Balaban J connectivity index is 1.13. The molecule has 6 N–H and O–H groups in total. The summed E-state index contributed by atoms with van der Waals surface area (Å²) in [5.74, 6) is -3.33. The molecule has 0 aliphatic carbocycles. The number of carbonyl (C=O) groups excluding carboxylic acids is 5. The van der Waals surface area contributed by atoms with Gasteiger partial charge >= 0.3 is 0 Å². The molecule has 0 radical (unpaired) electrons. The van der Waals surface area contributed by atoms with Crippen LogP contribution in [0.5, 0.6) is 17.2 Å². The number of Topliss-reactive ketones (excluding diaryl/α,β-unsaturated/α-hetero) is 2. The third-order valence-electron chi connectivity index (χ3n) is 8.88. The first-order valence-electron chi connectivity index (χ1n) is 17.5. The molecule has 56 heavy (non-hydrogen) atoms. The van der Waals surface area contributed by atoms with Crippen LogP contribution in [0.3, 0.4) is 0 Å². The highest BCUT2D eigenvalue weighted by molar-refractivity contribution is 6.08. The predicted octanol–water partition coefficient (Wildman–Crippen LogP) is 7.57. The Hall–Kier alpha value is -7.52. The lowest BCUT2D eigenvalue weighted by Gasteiger charge is -2.14. The second kappa shape index (κ2) is 18.0. The number of phenolic OH excluding ortho intramolecular Hbond substituents is 3. The average molecular weight is 751 g/mol. The number of benzene rings is 5. The number of carbonyl (C=O) groups is 5. The zero-order chi connectivity index (χ0) is 40.4. The largest absolute Gasteiger partial charge is 0.508 e. The zero-order valence-electron chi connectivity index (χ0n) is 30.5. The molecule has 3 amide bonds. The maximum atomic E-state index is 13.1. The molecule has 12 heteroatoms. The van der Waals surface area contributed by atoms with E-state index in [-0.39, 0.29) is 64.9 Å². The van der Waals surface area contributed by atoms with E-state index in [0.717, 1.165) is 5.56 Å². The zero-order valence-corrected chi connectivity index (χ0v) is 30.5. The summed E-state index contributed by atoms with van der Waals surface area (Å²) in [5.41, 5.74) is 4.05. The number of nitrogens with zero attached hydrogens (tertiary/aromatic N) is 1. The summed E-state index contributed by atoms with van der Waals surface area (Å²) in [6.45, 7) is 3.42. The highest BCUT2D eigenvalue weighted by Gasteiger charge is 2.23. The molecule has 0 aromatic heterocycles. The van der Waals surface area contributed by atoms with Crippen LogP contribution >= 0.6 is 0 Å². The fourth-order valence-corrected chi connectivity index (χ4v) is 5.58. The number of rotatable bonds is 14. The van der Waals surface area contributed by atoms with Crippen molar-refractivity contribution in [2.45, 2.75) is 33.1 Å². The van der Waals surface area contributed by atoms with Crippen LogP contribution in [0.1, 0.15) is 67.5 Å². The van der Waals surface area contributed by atoms with Crippen molar-refractivity contribution in [3.05, 3.63) is 148 Å². The van der Waals surface area contributed by atoms with Gasteiger partial charge in [-0.25, -0.2) is 0 Å². The minimum Gasteiger partial charge on any atom is -0.508 e. The normalized spacial score (nSPS) is 11.5. The van der Waals surface area contributed by atoms with E-state index in [1.165, 1.54) is 60.7 Å². The Morgan fingerprint density at radius 2 is 1.29 bits per heavy atom. The van der Waals surface area contributed by atoms with E-state index >= 15 is 0 Å². The molecule has 0 bridgehead atoms. The third kappa shape index (κ3) is 10.5. The van der Waals surface area contributed by atoms with Crippen molar-refractivity contribution in [3.63, 3.8) is 0 Å². The van der Waals surface area contributed by atoms with Crippen LogP contribution in [-0.4, -0.2) is 44.6 Å². The van der Waals surface area contributed by atoms with Gasteiger partial charge in [0.15, 0.2) is 11.6 Å². The van der Waals surface area contributed by atoms with Gasteiger partial charge in [0.2, 0.25) is 5.91 Å². The highest BCUT2D eigenvalue weighted by Crippen LogP contribution is 2.26. The fraction of sp³-hybridized carbons (Fsp3) is 0.136. The number of anilines is 3. The van der Waals surface area contributed by atoms with E-state index < -0.39 is 23.6 Å². The van der Waals surface area contributed by atoms with Gasteiger partial charge in [-0.3, -0.25) is 24.0 Å². The Labute approximate surface area is 322 Å². The van der Waals surface area contributed by atoms with Crippen LogP contribution in [-0.2, 0) is 16.0 Å². The molecule has 0 fully saturated rings. The van der Waals surface area contributed by atoms with Crippen LogP contribution < -0.4 is 16.0 Å². The third-order valence-corrected chi connectivity index (χ3v) is 8.88. The molecule has 0 heterocycles. The van der Waals surface area contributed by atoms with Gasteiger partial charge in [-0.05, 0) is 96.8 Å². The minimum atomic E-state index is -0.953.